The van der Waals surface area contributed by atoms with Crippen LogP contribution in [0.4, 0.5) is 4.39 Å². The maximum Gasteiger partial charge on any atom is 0.254 e. The lowest BCUT2D eigenvalue weighted by atomic mass is 9.94. The Bertz CT molecular complexity index is 473. The van der Waals surface area contributed by atoms with Gasteiger partial charge in [-0.25, -0.2) is 4.39 Å². The second-order valence-corrected chi connectivity index (χ2v) is 5.40. The quantitative estimate of drug-likeness (QED) is 0.848. The van der Waals surface area contributed by atoms with Gasteiger partial charge in [0.05, 0.1) is 5.56 Å². The van der Waals surface area contributed by atoms with Gasteiger partial charge < -0.3 is 5.32 Å². The van der Waals surface area contributed by atoms with E-state index in [-0.39, 0.29) is 11.5 Å². The number of nitrogens with one attached hydrogen (secondary N) is 1. The molecule has 1 aliphatic carbocycles. The second-order valence-electron chi connectivity index (χ2n) is 4.48. The predicted molar refractivity (Wildman–Crippen MR) is 72.9 cm³/mol. The molecule has 18 heavy (non-hydrogen) atoms. The molecular formula is C14H15BrFNO. The zero-order valence-corrected chi connectivity index (χ0v) is 11.5. The van der Waals surface area contributed by atoms with Crippen LogP contribution < -0.4 is 5.32 Å². The normalized spacial score (nSPS) is 18.7. The number of hydrogen-bond acceptors (Lipinski definition) is 1. The minimum Gasteiger partial charge on any atom is -0.352 e. The lowest BCUT2D eigenvalue weighted by Crippen LogP contribution is -2.30. The lowest BCUT2D eigenvalue weighted by Gasteiger charge is -2.18. The van der Waals surface area contributed by atoms with E-state index in [0.29, 0.717) is 16.9 Å². The molecule has 1 aromatic carbocycles. The molecule has 0 saturated carbocycles. The van der Waals surface area contributed by atoms with Gasteiger partial charge in [0.15, 0.2) is 0 Å². The molecule has 2 nitrogen and oxygen atoms in total. The fraction of sp³-hybridized carbons (Fsp3) is 0.357. The van der Waals surface area contributed by atoms with Crippen LogP contribution in [0.15, 0.2) is 34.8 Å². The number of carbonyl (C=O) groups is 1. The van der Waals surface area contributed by atoms with Gasteiger partial charge in [0.1, 0.15) is 5.82 Å². The zero-order chi connectivity index (χ0) is 13.0. The van der Waals surface area contributed by atoms with Crippen molar-refractivity contribution in [3.63, 3.8) is 0 Å². The molecule has 0 fully saturated rings. The number of allylic oxidation sites excluding steroid dienone is 2. The molecule has 1 N–H and O–H groups in total. The monoisotopic (exact) mass is 311 g/mol. The van der Waals surface area contributed by atoms with E-state index < -0.39 is 5.82 Å². The van der Waals surface area contributed by atoms with Crippen molar-refractivity contribution in [3.05, 3.63) is 46.2 Å². The van der Waals surface area contributed by atoms with Crippen LogP contribution in [0.2, 0.25) is 0 Å². The maximum atomic E-state index is 13.5. The van der Waals surface area contributed by atoms with Crippen molar-refractivity contribution in [2.75, 3.05) is 6.54 Å². The highest BCUT2D eigenvalue weighted by atomic mass is 79.9. The summed E-state index contributed by atoms with van der Waals surface area (Å²) in [6, 6.07) is 4.38. The SMILES string of the molecule is O=C(NCC1CC=CCC1)c1cc(Br)ccc1F. The summed E-state index contributed by atoms with van der Waals surface area (Å²) in [6.45, 7) is 0.606. The van der Waals surface area contributed by atoms with Crippen molar-refractivity contribution in [3.8, 4) is 0 Å². The van der Waals surface area contributed by atoms with Gasteiger partial charge >= 0.3 is 0 Å². The van der Waals surface area contributed by atoms with Crippen LogP contribution in [0.1, 0.15) is 29.6 Å². The lowest BCUT2D eigenvalue weighted by molar-refractivity contribution is 0.0942. The summed E-state index contributed by atoms with van der Waals surface area (Å²) in [5, 5.41) is 2.80. The third-order valence-corrected chi connectivity index (χ3v) is 3.60. The van der Waals surface area contributed by atoms with Gasteiger partial charge in [0.2, 0.25) is 0 Å². The van der Waals surface area contributed by atoms with E-state index in [2.05, 4.69) is 33.4 Å². The molecule has 0 radical (unpaired) electrons. The molecule has 0 heterocycles. The van der Waals surface area contributed by atoms with Crippen molar-refractivity contribution in [1.82, 2.24) is 5.32 Å². The Kier molecular flexibility index (Phi) is 4.53. The molecule has 0 aromatic heterocycles. The molecular weight excluding hydrogens is 297 g/mol. The number of benzene rings is 1. The Morgan fingerprint density at radius 2 is 2.28 bits per heavy atom. The van der Waals surface area contributed by atoms with E-state index in [9.17, 15) is 9.18 Å². The minimum atomic E-state index is -0.487. The molecule has 0 saturated heterocycles. The van der Waals surface area contributed by atoms with Crippen LogP contribution in [0.3, 0.4) is 0 Å². The molecule has 2 rings (SSSR count). The zero-order valence-electron chi connectivity index (χ0n) is 9.96. The van der Waals surface area contributed by atoms with Gasteiger partial charge in [-0.05, 0) is 43.4 Å². The van der Waals surface area contributed by atoms with Crippen molar-refractivity contribution in [2.24, 2.45) is 5.92 Å². The average molecular weight is 312 g/mol. The number of hydrogen-bond donors (Lipinski definition) is 1. The summed E-state index contributed by atoms with van der Waals surface area (Å²) in [4.78, 5) is 11.9. The van der Waals surface area contributed by atoms with E-state index in [0.717, 1.165) is 19.3 Å². The summed E-state index contributed by atoms with van der Waals surface area (Å²) in [5.41, 5.74) is 0.0933. The van der Waals surface area contributed by atoms with E-state index >= 15 is 0 Å². The Labute approximate surface area is 114 Å². The van der Waals surface area contributed by atoms with E-state index in [1.807, 2.05) is 0 Å². The first-order valence-electron chi connectivity index (χ1n) is 6.05. The molecule has 1 atom stereocenters. The van der Waals surface area contributed by atoms with Crippen LogP contribution in [-0.4, -0.2) is 12.5 Å². The fourth-order valence-electron chi connectivity index (χ4n) is 2.05. The smallest absolute Gasteiger partial charge is 0.254 e. The second kappa shape index (κ2) is 6.14. The van der Waals surface area contributed by atoms with Crippen molar-refractivity contribution in [1.29, 1.82) is 0 Å². The summed E-state index contributed by atoms with van der Waals surface area (Å²) in [7, 11) is 0. The van der Waals surface area contributed by atoms with Gasteiger partial charge in [-0.1, -0.05) is 28.1 Å². The summed E-state index contributed by atoms with van der Waals surface area (Å²) in [6.07, 6.45) is 7.43. The topological polar surface area (TPSA) is 29.1 Å². The van der Waals surface area contributed by atoms with Gasteiger partial charge in [0, 0.05) is 11.0 Å². The molecule has 96 valence electrons. The molecule has 0 spiro atoms. The standard InChI is InChI=1S/C14H15BrFNO/c15-11-6-7-13(16)12(8-11)14(18)17-9-10-4-2-1-3-5-10/h1-2,6-8,10H,3-5,9H2,(H,17,18). The molecule has 0 bridgehead atoms. The number of rotatable bonds is 3. The van der Waals surface area contributed by atoms with Gasteiger partial charge in [-0.3, -0.25) is 4.79 Å². The highest BCUT2D eigenvalue weighted by molar-refractivity contribution is 9.10. The first kappa shape index (κ1) is 13.3. The van der Waals surface area contributed by atoms with Crippen molar-refractivity contribution in [2.45, 2.75) is 19.3 Å². The van der Waals surface area contributed by atoms with Crippen LogP contribution in [0.5, 0.6) is 0 Å². The molecule has 1 aliphatic rings. The van der Waals surface area contributed by atoms with Crippen LogP contribution >= 0.6 is 15.9 Å². The van der Waals surface area contributed by atoms with Crippen molar-refractivity contribution >= 4 is 21.8 Å². The summed E-state index contributed by atoms with van der Waals surface area (Å²) < 4.78 is 14.2. The maximum absolute atomic E-state index is 13.5. The number of amides is 1. The molecule has 1 amide bonds. The third-order valence-electron chi connectivity index (χ3n) is 3.10. The predicted octanol–water partition coefficient (Wildman–Crippen LogP) is 3.67. The van der Waals surface area contributed by atoms with Gasteiger partial charge in [-0.15, -0.1) is 0 Å². The van der Waals surface area contributed by atoms with E-state index in [1.54, 1.807) is 6.07 Å². The largest absolute Gasteiger partial charge is 0.352 e. The summed E-state index contributed by atoms with van der Waals surface area (Å²) in [5.74, 6) is -0.364. The number of halogens is 2. The van der Waals surface area contributed by atoms with Crippen molar-refractivity contribution < 1.29 is 9.18 Å². The highest BCUT2D eigenvalue weighted by Gasteiger charge is 2.15. The molecule has 1 aromatic rings. The Morgan fingerprint density at radius 3 is 3.00 bits per heavy atom. The first-order valence-corrected chi connectivity index (χ1v) is 6.84. The minimum absolute atomic E-state index is 0.0933. The average Bonchev–Trinajstić information content (AvgIpc) is 2.40. The Balaban J connectivity index is 1.95. The van der Waals surface area contributed by atoms with E-state index in [4.69, 9.17) is 0 Å². The first-order chi connectivity index (χ1) is 8.66. The van der Waals surface area contributed by atoms with E-state index in [1.165, 1.54) is 12.1 Å². The van der Waals surface area contributed by atoms with Crippen LogP contribution in [0.25, 0.3) is 0 Å². The third kappa shape index (κ3) is 3.42. The van der Waals surface area contributed by atoms with Gasteiger partial charge in [-0.2, -0.15) is 0 Å². The Hall–Kier alpha value is -1.16. The van der Waals surface area contributed by atoms with Gasteiger partial charge in [0.25, 0.3) is 5.91 Å². The molecule has 1 unspecified atom stereocenters. The summed E-state index contributed by atoms with van der Waals surface area (Å²) >= 11 is 3.24. The van der Waals surface area contributed by atoms with Crippen LogP contribution in [-0.2, 0) is 0 Å². The highest BCUT2D eigenvalue weighted by Crippen LogP contribution is 2.18. The molecule has 4 heteroatoms. The number of carbonyl (C=O) groups excluding carboxylic acids is 1. The van der Waals surface area contributed by atoms with Crippen LogP contribution in [0, 0.1) is 11.7 Å². The Morgan fingerprint density at radius 1 is 1.44 bits per heavy atom. The fourth-order valence-corrected chi connectivity index (χ4v) is 2.41. The molecule has 0 aliphatic heterocycles.